The van der Waals surface area contributed by atoms with Gasteiger partial charge in [-0.2, -0.15) is 13.2 Å². The van der Waals surface area contributed by atoms with E-state index in [9.17, 15) is 27.9 Å². The van der Waals surface area contributed by atoms with Gasteiger partial charge < -0.3 is 15.2 Å². The Morgan fingerprint density at radius 1 is 1.11 bits per heavy atom. The van der Waals surface area contributed by atoms with Crippen molar-refractivity contribution in [3.8, 4) is 5.75 Å². The summed E-state index contributed by atoms with van der Waals surface area (Å²) in [6, 6.07) is 10.1. The van der Waals surface area contributed by atoms with Crippen molar-refractivity contribution >= 4 is 34.5 Å². The zero-order valence-electron chi connectivity index (χ0n) is 21.3. The number of nitrogens with one attached hydrogen (secondary N) is 1. The molecule has 10 heteroatoms. The Kier molecular flexibility index (Phi) is 10.4. The maximum Gasteiger partial charge on any atom is 0.416 e. The third kappa shape index (κ3) is 8.37. The number of fused-ring (bicyclic) bond motifs is 1. The van der Waals surface area contributed by atoms with Crippen LogP contribution in [-0.2, 0) is 28.6 Å². The second-order valence-corrected chi connectivity index (χ2v) is 10.0. The van der Waals surface area contributed by atoms with Crippen molar-refractivity contribution in [3.05, 3.63) is 65.4 Å². The van der Waals surface area contributed by atoms with Crippen LogP contribution < -0.4 is 10.1 Å². The SMILES string of the molecule is CCc1cc(CC(NC(C)=O)C(=O)O)ccc1OCCCCCSc1ccnc2cc(C(F)(F)F)ccc12. The molecule has 3 rings (SSSR count). The van der Waals surface area contributed by atoms with Crippen LogP contribution in [0.2, 0.25) is 0 Å². The molecule has 0 spiro atoms. The lowest BCUT2D eigenvalue weighted by atomic mass is 10.0. The molecule has 2 N–H and O–H groups in total. The summed E-state index contributed by atoms with van der Waals surface area (Å²) in [4.78, 5) is 27.7. The molecule has 1 heterocycles. The number of hydrogen-bond acceptors (Lipinski definition) is 5. The molecule has 1 amide bonds. The molecule has 0 fully saturated rings. The number of hydrogen-bond donors (Lipinski definition) is 2. The Morgan fingerprint density at radius 3 is 2.58 bits per heavy atom. The number of rotatable bonds is 13. The van der Waals surface area contributed by atoms with E-state index in [1.165, 1.54) is 19.2 Å². The van der Waals surface area contributed by atoms with E-state index in [0.717, 1.165) is 70.7 Å². The first-order valence-corrected chi connectivity index (χ1v) is 13.4. The van der Waals surface area contributed by atoms with Crippen LogP contribution in [0.4, 0.5) is 13.2 Å². The van der Waals surface area contributed by atoms with E-state index in [1.54, 1.807) is 11.8 Å². The van der Waals surface area contributed by atoms with Gasteiger partial charge in [-0.3, -0.25) is 9.78 Å². The fourth-order valence-electron chi connectivity index (χ4n) is 4.03. The monoisotopic (exact) mass is 548 g/mol. The first-order valence-electron chi connectivity index (χ1n) is 12.4. The van der Waals surface area contributed by atoms with Gasteiger partial charge in [-0.05, 0) is 66.8 Å². The van der Waals surface area contributed by atoms with E-state index in [-0.39, 0.29) is 12.3 Å². The van der Waals surface area contributed by atoms with Crippen molar-refractivity contribution < 1.29 is 32.6 Å². The highest BCUT2D eigenvalue weighted by atomic mass is 32.2. The quantitative estimate of drug-likeness (QED) is 0.193. The lowest BCUT2D eigenvalue weighted by Crippen LogP contribution is -2.41. The maximum absolute atomic E-state index is 13.0. The molecule has 3 aromatic rings. The Labute approximate surface area is 224 Å². The van der Waals surface area contributed by atoms with Crippen LogP contribution in [0.15, 0.2) is 53.6 Å². The second kappa shape index (κ2) is 13.5. The smallest absolute Gasteiger partial charge is 0.416 e. The number of ether oxygens (including phenoxy) is 1. The minimum absolute atomic E-state index is 0.191. The first kappa shape index (κ1) is 29.3. The van der Waals surface area contributed by atoms with Crippen molar-refractivity contribution in [2.75, 3.05) is 12.4 Å². The third-order valence-corrected chi connectivity index (χ3v) is 7.11. The van der Waals surface area contributed by atoms with Crippen molar-refractivity contribution in [2.45, 2.75) is 63.1 Å². The lowest BCUT2D eigenvalue weighted by molar-refractivity contribution is -0.141. The van der Waals surface area contributed by atoms with Gasteiger partial charge in [-0.1, -0.05) is 25.1 Å². The first-order chi connectivity index (χ1) is 18.1. The summed E-state index contributed by atoms with van der Waals surface area (Å²) in [5.41, 5.74) is 1.42. The van der Waals surface area contributed by atoms with Gasteiger partial charge in [0.05, 0.1) is 17.7 Å². The molecular weight excluding hydrogens is 517 g/mol. The highest BCUT2D eigenvalue weighted by Crippen LogP contribution is 2.34. The topological polar surface area (TPSA) is 88.5 Å². The molecule has 0 aliphatic heterocycles. The summed E-state index contributed by atoms with van der Waals surface area (Å²) in [5.74, 6) is 0.122. The molecule has 2 aromatic carbocycles. The van der Waals surface area contributed by atoms with Crippen LogP contribution in [-0.4, -0.2) is 40.4 Å². The number of benzene rings is 2. The predicted octanol–water partition coefficient (Wildman–Crippen LogP) is 6.29. The number of carboxylic acid groups (broad SMARTS) is 1. The Hall–Kier alpha value is -3.27. The van der Waals surface area contributed by atoms with Gasteiger partial charge in [0.15, 0.2) is 0 Å². The van der Waals surface area contributed by atoms with Gasteiger partial charge in [0.1, 0.15) is 11.8 Å². The normalized spacial score (nSPS) is 12.3. The number of aryl methyl sites for hydroxylation is 1. The Balaban J connectivity index is 1.45. The molecule has 1 unspecified atom stereocenters. The van der Waals surface area contributed by atoms with E-state index in [4.69, 9.17) is 4.74 Å². The van der Waals surface area contributed by atoms with Crippen molar-refractivity contribution in [1.82, 2.24) is 10.3 Å². The van der Waals surface area contributed by atoms with E-state index >= 15 is 0 Å². The van der Waals surface area contributed by atoms with E-state index in [0.29, 0.717) is 12.1 Å². The molecule has 1 aromatic heterocycles. The third-order valence-electron chi connectivity index (χ3n) is 5.96. The number of amides is 1. The van der Waals surface area contributed by atoms with Crippen LogP contribution in [0.5, 0.6) is 5.75 Å². The largest absolute Gasteiger partial charge is 0.493 e. The van der Waals surface area contributed by atoms with Gasteiger partial charge >= 0.3 is 12.1 Å². The number of carbonyl (C=O) groups is 2. The number of carbonyl (C=O) groups excluding carboxylic acids is 1. The number of aliphatic carboxylic acids is 1. The molecule has 0 saturated heterocycles. The molecular formula is C28H31F3N2O4S. The van der Waals surface area contributed by atoms with Gasteiger partial charge in [-0.25, -0.2) is 4.79 Å². The van der Waals surface area contributed by atoms with Crippen molar-refractivity contribution in [2.24, 2.45) is 0 Å². The molecule has 6 nitrogen and oxygen atoms in total. The summed E-state index contributed by atoms with van der Waals surface area (Å²) >= 11 is 1.61. The number of thioether (sulfide) groups is 1. The van der Waals surface area contributed by atoms with E-state index in [1.807, 2.05) is 31.2 Å². The number of unbranched alkanes of at least 4 members (excludes halogenated alkanes) is 2. The number of carboxylic acids is 1. The summed E-state index contributed by atoms with van der Waals surface area (Å²) in [6.45, 7) is 3.83. The summed E-state index contributed by atoms with van der Waals surface area (Å²) < 4.78 is 44.9. The van der Waals surface area contributed by atoms with Crippen LogP contribution >= 0.6 is 11.8 Å². The fraction of sp³-hybridized carbons (Fsp3) is 0.393. The summed E-state index contributed by atoms with van der Waals surface area (Å²) in [6.07, 6.45) is 0.775. The number of pyridine rings is 1. The second-order valence-electron chi connectivity index (χ2n) is 8.89. The molecule has 0 saturated carbocycles. The number of aromatic nitrogens is 1. The summed E-state index contributed by atoms with van der Waals surface area (Å²) in [5, 5.41) is 12.5. The lowest BCUT2D eigenvalue weighted by Gasteiger charge is -2.16. The van der Waals surface area contributed by atoms with Crippen LogP contribution in [0.25, 0.3) is 10.9 Å². The van der Waals surface area contributed by atoms with E-state index in [2.05, 4.69) is 10.3 Å². The van der Waals surface area contributed by atoms with Crippen molar-refractivity contribution in [3.63, 3.8) is 0 Å². The predicted molar refractivity (Wildman–Crippen MR) is 142 cm³/mol. The minimum atomic E-state index is -4.39. The molecule has 1 atom stereocenters. The molecule has 0 radical (unpaired) electrons. The van der Waals surface area contributed by atoms with Crippen LogP contribution in [0, 0.1) is 0 Å². The average Bonchev–Trinajstić information content (AvgIpc) is 2.87. The molecule has 0 bridgehead atoms. The fourth-order valence-corrected chi connectivity index (χ4v) is 5.08. The standard InChI is InChI=1S/C28H31F3N2O4S/c1-3-20-15-19(16-24(27(35)36)33-18(2)34)7-10-25(20)37-13-5-4-6-14-38-26-11-12-32-23-17-21(28(29,30)31)8-9-22(23)26/h7-12,15,17,24H,3-6,13-14,16H2,1-2H3,(H,33,34)(H,35,36). The number of nitrogens with zero attached hydrogens (tertiary/aromatic N) is 1. The van der Waals surface area contributed by atoms with Gasteiger partial charge in [0.2, 0.25) is 5.91 Å². The van der Waals surface area contributed by atoms with Gasteiger partial charge in [-0.15, -0.1) is 11.8 Å². The highest BCUT2D eigenvalue weighted by Gasteiger charge is 2.30. The maximum atomic E-state index is 13.0. The van der Waals surface area contributed by atoms with Crippen molar-refractivity contribution in [1.29, 1.82) is 0 Å². The Bertz CT molecular complexity index is 1270. The molecule has 38 heavy (non-hydrogen) atoms. The average molecular weight is 549 g/mol. The zero-order valence-corrected chi connectivity index (χ0v) is 22.1. The van der Waals surface area contributed by atoms with E-state index < -0.39 is 23.8 Å². The number of halogens is 3. The van der Waals surface area contributed by atoms with Gasteiger partial charge in [0.25, 0.3) is 0 Å². The minimum Gasteiger partial charge on any atom is -0.493 e. The number of alkyl halides is 3. The molecule has 0 aliphatic rings. The molecule has 204 valence electrons. The highest BCUT2D eigenvalue weighted by molar-refractivity contribution is 7.99. The zero-order chi connectivity index (χ0) is 27.7. The Morgan fingerprint density at radius 2 is 1.89 bits per heavy atom. The molecule has 0 aliphatic carbocycles. The van der Waals surface area contributed by atoms with Gasteiger partial charge in [0, 0.05) is 29.8 Å². The van der Waals surface area contributed by atoms with Crippen LogP contribution in [0.3, 0.4) is 0 Å². The van der Waals surface area contributed by atoms with Crippen LogP contribution in [0.1, 0.15) is 49.8 Å². The summed E-state index contributed by atoms with van der Waals surface area (Å²) in [7, 11) is 0.